The van der Waals surface area contributed by atoms with Gasteiger partial charge in [-0.2, -0.15) is 0 Å². The fourth-order valence-corrected chi connectivity index (χ4v) is 4.35. The first kappa shape index (κ1) is 17.8. The van der Waals surface area contributed by atoms with Gasteiger partial charge in [0.1, 0.15) is 12.4 Å². The van der Waals surface area contributed by atoms with Crippen LogP contribution in [0.3, 0.4) is 0 Å². The zero-order valence-corrected chi connectivity index (χ0v) is 15.2. The van der Waals surface area contributed by atoms with Gasteiger partial charge in [0.15, 0.2) is 0 Å². The molecule has 2 aromatic rings. The second-order valence-corrected chi connectivity index (χ2v) is 7.45. The molecular weight excluding hydrogens is 336 g/mol. The van der Waals surface area contributed by atoms with Gasteiger partial charge in [-0.3, -0.25) is 10.0 Å². The van der Waals surface area contributed by atoms with Gasteiger partial charge < -0.3 is 9.64 Å². The first-order valence-corrected chi connectivity index (χ1v) is 9.20. The maximum atomic E-state index is 11.8. The molecule has 1 amide bonds. The number of carbonyl (C=O) groups excluding carboxylic acids is 1. The van der Waals surface area contributed by atoms with Crippen LogP contribution in [-0.4, -0.2) is 42.4 Å². The molecule has 0 saturated carbocycles. The van der Waals surface area contributed by atoms with E-state index >= 15 is 0 Å². The molecule has 6 heteroatoms. The Balaban J connectivity index is 2.02. The van der Waals surface area contributed by atoms with E-state index in [0.29, 0.717) is 12.2 Å². The van der Waals surface area contributed by atoms with E-state index in [2.05, 4.69) is 31.1 Å². The highest BCUT2D eigenvalue weighted by Crippen LogP contribution is 2.44. The van der Waals surface area contributed by atoms with E-state index in [1.165, 1.54) is 5.56 Å². The third-order valence-corrected chi connectivity index (χ3v) is 5.46. The fourth-order valence-electron chi connectivity index (χ4n) is 2.87. The summed E-state index contributed by atoms with van der Waals surface area (Å²) < 4.78 is 5.98. The van der Waals surface area contributed by atoms with Crippen molar-refractivity contribution in [3.8, 4) is 5.75 Å². The van der Waals surface area contributed by atoms with E-state index in [9.17, 15) is 4.79 Å². The highest BCUT2D eigenvalue weighted by atomic mass is 32.2. The Morgan fingerprint density at radius 1 is 1.28 bits per heavy atom. The molecule has 0 radical (unpaired) electrons. The number of amides is 1. The number of hydroxylamine groups is 1. The molecule has 0 saturated heterocycles. The number of hydrogen-bond donors (Lipinski definition) is 2. The van der Waals surface area contributed by atoms with Crippen molar-refractivity contribution < 1.29 is 14.7 Å². The van der Waals surface area contributed by atoms with Crippen molar-refractivity contribution >= 4 is 17.7 Å². The molecule has 1 aliphatic rings. The number of thioether (sulfide) groups is 1. The van der Waals surface area contributed by atoms with E-state index in [1.807, 2.05) is 36.0 Å². The van der Waals surface area contributed by atoms with Gasteiger partial charge >= 0.3 is 0 Å². The highest BCUT2D eigenvalue weighted by Gasteiger charge is 2.26. The summed E-state index contributed by atoms with van der Waals surface area (Å²) >= 11 is 1.84. The molecule has 3 rings (SSSR count). The third kappa shape index (κ3) is 3.98. The molecule has 0 bridgehead atoms. The van der Waals surface area contributed by atoms with Gasteiger partial charge in [-0.15, -0.1) is 11.8 Å². The van der Waals surface area contributed by atoms with Gasteiger partial charge in [0.05, 0.1) is 5.25 Å². The van der Waals surface area contributed by atoms with Crippen LogP contribution in [0.1, 0.15) is 32.3 Å². The van der Waals surface area contributed by atoms with Crippen LogP contribution in [0.15, 0.2) is 42.5 Å². The predicted octanol–water partition coefficient (Wildman–Crippen LogP) is 3.08. The summed E-state index contributed by atoms with van der Waals surface area (Å²) in [7, 11) is 4.12. The lowest BCUT2D eigenvalue weighted by molar-refractivity contribution is 0.0706. The number of benzene rings is 2. The van der Waals surface area contributed by atoms with Gasteiger partial charge in [0, 0.05) is 23.4 Å². The first-order valence-electron chi connectivity index (χ1n) is 8.15. The van der Waals surface area contributed by atoms with E-state index < -0.39 is 5.91 Å². The highest BCUT2D eigenvalue weighted by molar-refractivity contribution is 7.99. The summed E-state index contributed by atoms with van der Waals surface area (Å²) in [6.45, 7) is 1.48. The predicted molar refractivity (Wildman–Crippen MR) is 99.3 cm³/mol. The quantitative estimate of drug-likeness (QED) is 0.635. The second-order valence-electron chi connectivity index (χ2n) is 6.24. The second kappa shape index (κ2) is 7.91. The maximum Gasteiger partial charge on any atom is 0.274 e. The Morgan fingerprint density at radius 3 is 2.84 bits per heavy atom. The fraction of sp³-hybridized carbons (Fsp3) is 0.316. The van der Waals surface area contributed by atoms with Crippen LogP contribution in [0.2, 0.25) is 0 Å². The summed E-state index contributed by atoms with van der Waals surface area (Å²) in [6, 6.07) is 13.6. The molecule has 1 heterocycles. The van der Waals surface area contributed by atoms with Gasteiger partial charge in [-0.1, -0.05) is 24.3 Å². The average Bonchev–Trinajstić information content (AvgIpc) is 2.78. The normalized spacial score (nSPS) is 15.8. The van der Waals surface area contributed by atoms with Crippen molar-refractivity contribution in [2.24, 2.45) is 0 Å². The lowest BCUT2D eigenvalue weighted by atomic mass is 9.98. The van der Waals surface area contributed by atoms with Crippen LogP contribution in [-0.2, 0) is 6.61 Å². The van der Waals surface area contributed by atoms with Crippen molar-refractivity contribution in [3.63, 3.8) is 0 Å². The summed E-state index contributed by atoms with van der Waals surface area (Å²) in [4.78, 5) is 14.0. The van der Waals surface area contributed by atoms with Crippen LogP contribution >= 0.6 is 11.8 Å². The molecule has 2 N–H and O–H groups in total. The SMILES string of the molecule is CN(C)CCSC1c2ccccc2COc2ccc(C(=O)NO)cc21. The molecule has 25 heavy (non-hydrogen) atoms. The smallest absolute Gasteiger partial charge is 0.274 e. The molecule has 0 fully saturated rings. The number of rotatable bonds is 5. The number of carbonyl (C=O) groups is 1. The molecule has 132 valence electrons. The first-order chi connectivity index (χ1) is 12.1. The Morgan fingerprint density at radius 2 is 2.08 bits per heavy atom. The minimum atomic E-state index is -0.516. The van der Waals surface area contributed by atoms with Crippen molar-refractivity contribution in [3.05, 3.63) is 64.7 Å². The molecule has 2 aromatic carbocycles. The summed E-state index contributed by atoms with van der Waals surface area (Å²) in [5.41, 5.74) is 5.46. The Kier molecular flexibility index (Phi) is 5.63. The molecule has 1 aliphatic heterocycles. The molecule has 0 aliphatic carbocycles. The summed E-state index contributed by atoms with van der Waals surface area (Å²) in [5, 5.41) is 9.02. The number of nitrogens with one attached hydrogen (secondary N) is 1. The van der Waals surface area contributed by atoms with Crippen molar-refractivity contribution in [2.75, 3.05) is 26.4 Å². The molecule has 0 aromatic heterocycles. The van der Waals surface area contributed by atoms with Crippen molar-refractivity contribution in [1.29, 1.82) is 0 Å². The van der Waals surface area contributed by atoms with Gasteiger partial charge in [0.25, 0.3) is 5.91 Å². The Labute approximate surface area is 151 Å². The lowest BCUT2D eigenvalue weighted by Crippen LogP contribution is -2.19. The third-order valence-electron chi connectivity index (χ3n) is 4.20. The lowest BCUT2D eigenvalue weighted by Gasteiger charge is -2.20. The Bertz CT molecular complexity index is 764. The maximum absolute atomic E-state index is 11.8. The monoisotopic (exact) mass is 358 g/mol. The minimum Gasteiger partial charge on any atom is -0.489 e. The molecule has 1 unspecified atom stereocenters. The topological polar surface area (TPSA) is 61.8 Å². The molecule has 1 atom stereocenters. The van der Waals surface area contributed by atoms with E-state index in [-0.39, 0.29) is 5.25 Å². The van der Waals surface area contributed by atoms with Crippen LogP contribution in [0.25, 0.3) is 0 Å². The Hall–Kier alpha value is -2.02. The zero-order valence-electron chi connectivity index (χ0n) is 14.4. The van der Waals surface area contributed by atoms with E-state index in [1.54, 1.807) is 11.5 Å². The average molecular weight is 358 g/mol. The standard InChI is InChI=1S/C19H22N2O3S/c1-21(2)9-10-25-18-15-6-4-3-5-14(15)12-24-17-8-7-13(11-16(17)18)19(22)20-23/h3-8,11,18,23H,9-10,12H2,1-2H3,(H,20,22). The molecule has 5 nitrogen and oxygen atoms in total. The molecular formula is C19H22N2O3S. The largest absolute Gasteiger partial charge is 0.489 e. The van der Waals surface area contributed by atoms with Gasteiger partial charge in [0.2, 0.25) is 0 Å². The van der Waals surface area contributed by atoms with Gasteiger partial charge in [-0.25, -0.2) is 5.48 Å². The number of ether oxygens (including phenoxy) is 1. The van der Waals surface area contributed by atoms with Crippen LogP contribution in [0, 0.1) is 0 Å². The summed E-state index contributed by atoms with van der Waals surface area (Å²) in [6.07, 6.45) is 0. The van der Waals surface area contributed by atoms with E-state index in [0.717, 1.165) is 29.2 Å². The number of nitrogens with zero attached hydrogens (tertiary/aromatic N) is 1. The number of hydrogen-bond acceptors (Lipinski definition) is 5. The van der Waals surface area contributed by atoms with Crippen molar-refractivity contribution in [1.82, 2.24) is 10.4 Å². The number of fused-ring (bicyclic) bond motifs is 2. The van der Waals surface area contributed by atoms with Crippen LogP contribution in [0.5, 0.6) is 5.75 Å². The van der Waals surface area contributed by atoms with Crippen molar-refractivity contribution in [2.45, 2.75) is 11.9 Å². The molecule has 0 spiro atoms. The van der Waals surface area contributed by atoms with E-state index in [4.69, 9.17) is 9.94 Å². The minimum absolute atomic E-state index is 0.0834. The van der Waals surface area contributed by atoms with Gasteiger partial charge in [-0.05, 0) is 43.4 Å². The van der Waals surface area contributed by atoms with Crippen LogP contribution in [0.4, 0.5) is 0 Å². The zero-order chi connectivity index (χ0) is 17.8. The summed E-state index contributed by atoms with van der Waals surface area (Å²) in [5.74, 6) is 1.23. The van der Waals surface area contributed by atoms with Crippen LogP contribution < -0.4 is 10.2 Å².